The highest BCUT2D eigenvalue weighted by Crippen LogP contribution is 2.28. The molecule has 0 unspecified atom stereocenters. The van der Waals surface area contributed by atoms with Crippen molar-refractivity contribution in [2.45, 2.75) is 6.42 Å². The fourth-order valence-electron chi connectivity index (χ4n) is 2.63. The summed E-state index contributed by atoms with van der Waals surface area (Å²) in [5.41, 5.74) is 2.52. The number of fused-ring (bicyclic) bond motifs is 2. The smallest absolute Gasteiger partial charge is 0.171 e. The van der Waals surface area contributed by atoms with Crippen LogP contribution in [-0.4, -0.2) is 5.78 Å². The number of hydrogen-bond acceptors (Lipinski definition) is 3. The first-order valence-electron chi connectivity index (χ1n) is 6.77. The quantitative estimate of drug-likeness (QED) is 0.493. The van der Waals surface area contributed by atoms with Crippen molar-refractivity contribution in [3.8, 4) is 0 Å². The lowest BCUT2D eigenvalue weighted by atomic mass is 10.0. The molecule has 2 heterocycles. The Hall–Kier alpha value is -2.39. The summed E-state index contributed by atoms with van der Waals surface area (Å²) in [5.74, 6) is 0.100. The average molecular weight is 292 g/mol. The number of hydrogen-bond donors (Lipinski definition) is 0. The molecule has 0 fully saturated rings. The number of rotatable bonds is 3. The van der Waals surface area contributed by atoms with Crippen molar-refractivity contribution in [1.82, 2.24) is 0 Å². The van der Waals surface area contributed by atoms with Crippen LogP contribution in [0, 0.1) is 0 Å². The van der Waals surface area contributed by atoms with Gasteiger partial charge in [0, 0.05) is 16.5 Å². The van der Waals surface area contributed by atoms with Crippen LogP contribution in [0.3, 0.4) is 0 Å². The fourth-order valence-corrected chi connectivity index (χ4v) is 3.59. The monoisotopic (exact) mass is 292 g/mol. The Kier molecular flexibility index (Phi) is 2.86. The molecule has 2 aromatic heterocycles. The molecule has 21 heavy (non-hydrogen) atoms. The van der Waals surface area contributed by atoms with E-state index in [-0.39, 0.29) is 5.78 Å². The number of ketones is 1. The highest BCUT2D eigenvalue weighted by molar-refractivity contribution is 7.17. The van der Waals surface area contributed by atoms with Crippen molar-refractivity contribution in [2.75, 3.05) is 0 Å². The van der Waals surface area contributed by atoms with E-state index < -0.39 is 0 Å². The summed E-state index contributed by atoms with van der Waals surface area (Å²) >= 11 is 1.68. The summed E-state index contributed by atoms with van der Waals surface area (Å²) in [4.78, 5) is 12.6. The molecular weight excluding hydrogens is 280 g/mol. The van der Waals surface area contributed by atoms with E-state index in [1.807, 2.05) is 36.4 Å². The zero-order valence-corrected chi connectivity index (χ0v) is 12.0. The van der Waals surface area contributed by atoms with Crippen molar-refractivity contribution >= 4 is 38.2 Å². The first kappa shape index (κ1) is 12.4. The first-order valence-corrected chi connectivity index (χ1v) is 7.65. The second kappa shape index (κ2) is 4.86. The van der Waals surface area contributed by atoms with Crippen molar-refractivity contribution in [3.05, 3.63) is 71.3 Å². The van der Waals surface area contributed by atoms with Gasteiger partial charge >= 0.3 is 0 Å². The second-order valence-corrected chi connectivity index (χ2v) is 5.91. The molecule has 4 rings (SSSR count). The third-order valence-corrected chi connectivity index (χ3v) is 4.71. The summed E-state index contributed by atoms with van der Waals surface area (Å²) in [6, 6.07) is 15.8. The number of carbonyl (C=O) groups excluding carboxylic acids is 1. The van der Waals surface area contributed by atoms with Crippen molar-refractivity contribution in [1.29, 1.82) is 0 Å². The molecule has 2 nitrogen and oxygen atoms in total. The number of carbonyl (C=O) groups is 1. The van der Waals surface area contributed by atoms with Gasteiger partial charge in [-0.05, 0) is 28.5 Å². The number of thiophene rings is 1. The van der Waals surface area contributed by atoms with E-state index in [2.05, 4.69) is 17.5 Å². The van der Waals surface area contributed by atoms with Crippen LogP contribution < -0.4 is 0 Å². The van der Waals surface area contributed by atoms with Crippen molar-refractivity contribution in [3.63, 3.8) is 0 Å². The average Bonchev–Trinajstić information content (AvgIpc) is 3.12. The lowest BCUT2D eigenvalue weighted by molar-refractivity contribution is 0.0994. The molecule has 0 radical (unpaired) electrons. The largest absolute Gasteiger partial charge is 0.464 e. The molecule has 0 amide bonds. The molecule has 0 spiro atoms. The van der Waals surface area contributed by atoms with Crippen LogP contribution in [0.1, 0.15) is 15.9 Å². The van der Waals surface area contributed by atoms with Gasteiger partial charge in [0.1, 0.15) is 11.8 Å². The minimum Gasteiger partial charge on any atom is -0.464 e. The summed E-state index contributed by atoms with van der Waals surface area (Å²) in [6.45, 7) is 0. The fraction of sp³-hybridized carbons (Fsp3) is 0.0556. The van der Waals surface area contributed by atoms with Crippen LogP contribution in [0.5, 0.6) is 0 Å². The zero-order chi connectivity index (χ0) is 14.2. The topological polar surface area (TPSA) is 30.2 Å². The van der Waals surface area contributed by atoms with Gasteiger partial charge in [-0.25, -0.2) is 0 Å². The van der Waals surface area contributed by atoms with Gasteiger partial charge in [0.15, 0.2) is 5.78 Å². The number of benzene rings is 2. The molecule has 0 aliphatic carbocycles. The lowest BCUT2D eigenvalue weighted by Crippen LogP contribution is -2.02. The molecule has 0 aliphatic heterocycles. The maximum Gasteiger partial charge on any atom is 0.171 e. The van der Waals surface area contributed by atoms with Gasteiger partial charge in [-0.2, -0.15) is 0 Å². The highest BCUT2D eigenvalue weighted by atomic mass is 32.1. The zero-order valence-electron chi connectivity index (χ0n) is 11.2. The van der Waals surface area contributed by atoms with E-state index in [0.29, 0.717) is 12.0 Å². The molecule has 0 saturated heterocycles. The van der Waals surface area contributed by atoms with Crippen LogP contribution >= 0.6 is 11.3 Å². The minimum absolute atomic E-state index is 0.100. The number of Topliss-reactive ketones (excluding diaryl/α,β-unsaturated/α-hetero) is 1. The van der Waals surface area contributed by atoms with Crippen molar-refractivity contribution < 1.29 is 9.21 Å². The van der Waals surface area contributed by atoms with Gasteiger partial charge in [-0.3, -0.25) is 4.79 Å². The molecule has 0 N–H and O–H groups in total. The molecule has 102 valence electrons. The maximum atomic E-state index is 12.6. The highest BCUT2D eigenvalue weighted by Gasteiger charge is 2.15. The van der Waals surface area contributed by atoms with E-state index in [1.54, 1.807) is 17.6 Å². The Morgan fingerprint density at radius 3 is 2.67 bits per heavy atom. The maximum absolute atomic E-state index is 12.6. The predicted molar refractivity (Wildman–Crippen MR) is 86.1 cm³/mol. The van der Waals surface area contributed by atoms with E-state index in [0.717, 1.165) is 16.5 Å². The Balaban J connectivity index is 1.72. The second-order valence-electron chi connectivity index (χ2n) is 5.00. The number of furan rings is 1. The molecule has 2 aromatic carbocycles. The Labute approximate surface area is 125 Å². The third-order valence-electron chi connectivity index (χ3n) is 3.69. The van der Waals surface area contributed by atoms with Crippen molar-refractivity contribution in [2.24, 2.45) is 0 Å². The summed E-state index contributed by atoms with van der Waals surface area (Å²) in [7, 11) is 0. The minimum atomic E-state index is 0.100. The summed E-state index contributed by atoms with van der Waals surface area (Å²) in [6.07, 6.45) is 1.98. The van der Waals surface area contributed by atoms with E-state index in [4.69, 9.17) is 4.42 Å². The molecule has 0 atom stereocenters. The molecule has 0 saturated carbocycles. The Morgan fingerprint density at radius 2 is 1.76 bits per heavy atom. The van der Waals surface area contributed by atoms with Crippen LogP contribution in [0.15, 0.2) is 64.6 Å². The molecular formula is C18H12O2S. The lowest BCUT2D eigenvalue weighted by Gasteiger charge is -1.98. The first-order chi connectivity index (χ1) is 10.3. The Morgan fingerprint density at radius 1 is 1.00 bits per heavy atom. The molecule has 0 aliphatic rings. The van der Waals surface area contributed by atoms with Crippen LogP contribution in [0.4, 0.5) is 0 Å². The van der Waals surface area contributed by atoms with Gasteiger partial charge in [0.05, 0.1) is 5.56 Å². The van der Waals surface area contributed by atoms with Gasteiger partial charge < -0.3 is 4.42 Å². The normalized spacial score (nSPS) is 11.2. The SMILES string of the molecule is O=C(Cc1csc2ccccc12)c1coc2ccccc12. The standard InChI is InChI=1S/C18H12O2S/c19-16(15-10-20-17-7-3-1-6-14(15)17)9-12-11-21-18-8-4-2-5-13(12)18/h1-8,10-11H,9H2. The summed E-state index contributed by atoms with van der Waals surface area (Å²) in [5, 5.41) is 4.14. The van der Waals surface area contributed by atoms with E-state index in [9.17, 15) is 4.79 Å². The summed E-state index contributed by atoms with van der Waals surface area (Å²) < 4.78 is 6.68. The molecule has 4 aromatic rings. The Bertz CT molecular complexity index is 946. The molecule has 3 heteroatoms. The van der Waals surface area contributed by atoms with Crippen LogP contribution in [0.2, 0.25) is 0 Å². The van der Waals surface area contributed by atoms with Gasteiger partial charge in [-0.15, -0.1) is 11.3 Å². The third kappa shape index (κ3) is 2.06. The predicted octanol–water partition coefficient (Wildman–Crippen LogP) is 5.07. The van der Waals surface area contributed by atoms with Gasteiger partial charge in [0.2, 0.25) is 0 Å². The van der Waals surface area contributed by atoms with Gasteiger partial charge in [0.25, 0.3) is 0 Å². The molecule has 0 bridgehead atoms. The van der Waals surface area contributed by atoms with Gasteiger partial charge in [-0.1, -0.05) is 36.4 Å². The number of para-hydroxylation sites is 1. The van der Waals surface area contributed by atoms with Crippen LogP contribution in [-0.2, 0) is 6.42 Å². The van der Waals surface area contributed by atoms with Crippen LogP contribution in [0.25, 0.3) is 21.1 Å². The van der Waals surface area contributed by atoms with E-state index in [1.165, 1.54) is 10.1 Å². The van der Waals surface area contributed by atoms with E-state index >= 15 is 0 Å².